The minimum absolute atomic E-state index is 0.172. The Morgan fingerprint density at radius 3 is 2.90 bits per heavy atom. The van der Waals surface area contributed by atoms with E-state index in [1.807, 2.05) is 13.0 Å². The Morgan fingerprint density at radius 2 is 2.30 bits per heavy atom. The van der Waals surface area contributed by atoms with E-state index in [9.17, 15) is 4.79 Å². The molecule has 20 heavy (non-hydrogen) atoms. The van der Waals surface area contributed by atoms with Crippen LogP contribution in [0, 0.1) is 11.3 Å². The lowest BCUT2D eigenvalue weighted by Crippen LogP contribution is -2.12. The second-order valence-electron chi connectivity index (χ2n) is 3.82. The number of methoxy groups -OCH3 is 1. The second-order valence-corrected chi connectivity index (χ2v) is 4.83. The van der Waals surface area contributed by atoms with Crippen LogP contribution in [0.15, 0.2) is 18.3 Å². The van der Waals surface area contributed by atoms with E-state index in [4.69, 9.17) is 10.00 Å². The van der Waals surface area contributed by atoms with Crippen molar-refractivity contribution in [1.29, 1.82) is 5.26 Å². The second kappa shape index (κ2) is 6.18. The molecule has 2 aromatic rings. The zero-order valence-corrected chi connectivity index (χ0v) is 11.6. The number of amides is 1. The van der Waals surface area contributed by atoms with Crippen LogP contribution in [0.5, 0.6) is 0 Å². The molecule has 0 saturated heterocycles. The number of nitrogens with one attached hydrogen (secondary N) is 1. The van der Waals surface area contributed by atoms with Gasteiger partial charge in [0.1, 0.15) is 22.9 Å². The molecule has 0 aliphatic rings. The summed E-state index contributed by atoms with van der Waals surface area (Å²) in [5, 5.41) is 20.1. The first-order chi connectivity index (χ1) is 9.63. The van der Waals surface area contributed by atoms with E-state index in [1.54, 1.807) is 7.11 Å². The number of nitriles is 1. The average Bonchev–Trinajstić information content (AvgIpc) is 2.95. The predicted molar refractivity (Wildman–Crippen MR) is 72.2 cm³/mol. The van der Waals surface area contributed by atoms with Gasteiger partial charge in [-0.2, -0.15) is 5.26 Å². The Bertz CT molecular complexity index is 647. The topological polar surface area (TPSA) is 101 Å². The van der Waals surface area contributed by atoms with Crippen LogP contribution in [0.1, 0.15) is 34.1 Å². The van der Waals surface area contributed by atoms with Crippen molar-refractivity contribution in [2.75, 3.05) is 12.4 Å². The van der Waals surface area contributed by atoms with Crippen LogP contribution >= 0.6 is 11.3 Å². The molecule has 7 nitrogen and oxygen atoms in total. The third-order valence-corrected chi connectivity index (χ3v) is 3.50. The lowest BCUT2D eigenvalue weighted by molar-refractivity contribution is 0.102. The van der Waals surface area contributed by atoms with Gasteiger partial charge < -0.3 is 4.74 Å². The number of rotatable bonds is 4. The van der Waals surface area contributed by atoms with Gasteiger partial charge in [0.05, 0.1) is 5.56 Å². The van der Waals surface area contributed by atoms with Crippen LogP contribution in [0.25, 0.3) is 0 Å². The van der Waals surface area contributed by atoms with E-state index in [2.05, 4.69) is 20.5 Å². The highest BCUT2D eigenvalue weighted by Gasteiger charge is 2.14. The molecule has 2 aromatic heterocycles. The normalized spacial score (nSPS) is 11.7. The summed E-state index contributed by atoms with van der Waals surface area (Å²) < 4.78 is 5.12. The molecule has 2 rings (SSSR count). The minimum atomic E-state index is -0.352. The van der Waals surface area contributed by atoms with E-state index < -0.39 is 0 Å². The first kappa shape index (κ1) is 14.0. The third-order valence-electron chi connectivity index (χ3n) is 2.50. The Morgan fingerprint density at radius 1 is 1.50 bits per heavy atom. The summed E-state index contributed by atoms with van der Waals surface area (Å²) in [7, 11) is 1.58. The van der Waals surface area contributed by atoms with Crippen molar-refractivity contribution in [3.63, 3.8) is 0 Å². The van der Waals surface area contributed by atoms with E-state index in [1.165, 1.54) is 29.7 Å². The first-order valence-corrected chi connectivity index (χ1v) is 6.49. The largest absolute Gasteiger partial charge is 0.374 e. The maximum atomic E-state index is 11.9. The fourth-order valence-electron chi connectivity index (χ4n) is 1.31. The number of pyridine rings is 1. The highest BCUT2D eigenvalue weighted by molar-refractivity contribution is 7.15. The number of anilines is 1. The quantitative estimate of drug-likeness (QED) is 0.920. The number of aromatic nitrogens is 3. The van der Waals surface area contributed by atoms with Gasteiger partial charge in [-0.1, -0.05) is 11.3 Å². The van der Waals surface area contributed by atoms with Gasteiger partial charge in [0, 0.05) is 13.3 Å². The minimum Gasteiger partial charge on any atom is -0.374 e. The molecule has 8 heteroatoms. The van der Waals surface area contributed by atoms with Crippen LogP contribution in [-0.2, 0) is 4.74 Å². The lowest BCUT2D eigenvalue weighted by Gasteiger charge is -2.02. The number of carbonyl (C=O) groups is 1. The summed E-state index contributed by atoms with van der Waals surface area (Å²) >= 11 is 1.24. The van der Waals surface area contributed by atoms with Crippen molar-refractivity contribution in [1.82, 2.24) is 15.2 Å². The zero-order chi connectivity index (χ0) is 14.5. The van der Waals surface area contributed by atoms with Crippen molar-refractivity contribution in [2.24, 2.45) is 0 Å². The number of hydrogen-bond acceptors (Lipinski definition) is 7. The molecule has 0 fully saturated rings. The highest BCUT2D eigenvalue weighted by Crippen LogP contribution is 2.23. The van der Waals surface area contributed by atoms with Crippen molar-refractivity contribution in [3.8, 4) is 6.07 Å². The number of ether oxygens (including phenoxy) is 1. The van der Waals surface area contributed by atoms with E-state index in [0.29, 0.717) is 15.7 Å². The summed E-state index contributed by atoms with van der Waals surface area (Å²) in [4.78, 5) is 15.8. The van der Waals surface area contributed by atoms with Crippen LogP contribution in [0.2, 0.25) is 0 Å². The molecule has 0 spiro atoms. The zero-order valence-electron chi connectivity index (χ0n) is 10.8. The Balaban J connectivity index is 2.07. The Hall–Kier alpha value is -2.37. The highest BCUT2D eigenvalue weighted by atomic mass is 32.1. The molecule has 0 aliphatic heterocycles. The standard InChI is InChI=1S/C12H11N5O2S/c1-7(19-2)11-16-17-12(20-11)15-10(18)8-3-4-9(5-13)14-6-8/h3-4,6-7H,1-2H3,(H,15,17,18). The summed E-state index contributed by atoms with van der Waals surface area (Å²) in [6, 6.07) is 4.90. The summed E-state index contributed by atoms with van der Waals surface area (Å²) in [5.74, 6) is -0.352. The molecule has 0 bridgehead atoms. The molecule has 0 radical (unpaired) electrons. The van der Waals surface area contributed by atoms with Gasteiger partial charge in [0.25, 0.3) is 5.91 Å². The maximum Gasteiger partial charge on any atom is 0.259 e. The smallest absolute Gasteiger partial charge is 0.259 e. The third kappa shape index (κ3) is 3.14. The molecule has 0 saturated carbocycles. The molecule has 102 valence electrons. The van der Waals surface area contributed by atoms with Gasteiger partial charge in [0.15, 0.2) is 0 Å². The molecular weight excluding hydrogens is 278 g/mol. The number of nitrogens with zero attached hydrogens (tertiary/aromatic N) is 4. The van der Waals surface area contributed by atoms with E-state index in [0.717, 1.165) is 0 Å². The van der Waals surface area contributed by atoms with Gasteiger partial charge in [-0.15, -0.1) is 10.2 Å². The van der Waals surface area contributed by atoms with Crippen LogP contribution in [-0.4, -0.2) is 28.2 Å². The Labute approximate surface area is 119 Å². The maximum absolute atomic E-state index is 11.9. The van der Waals surface area contributed by atoms with Crippen LogP contribution in [0.3, 0.4) is 0 Å². The first-order valence-electron chi connectivity index (χ1n) is 5.67. The fraction of sp³-hybridized carbons (Fsp3) is 0.250. The Kier molecular flexibility index (Phi) is 4.34. The van der Waals surface area contributed by atoms with Gasteiger partial charge in [-0.05, 0) is 19.1 Å². The molecule has 1 unspecified atom stereocenters. The van der Waals surface area contributed by atoms with Gasteiger partial charge in [0.2, 0.25) is 5.13 Å². The van der Waals surface area contributed by atoms with Crippen molar-refractivity contribution in [2.45, 2.75) is 13.0 Å². The van der Waals surface area contributed by atoms with Crippen LogP contribution < -0.4 is 5.32 Å². The average molecular weight is 289 g/mol. The summed E-state index contributed by atoms with van der Waals surface area (Å²) in [6.45, 7) is 1.84. The molecule has 1 N–H and O–H groups in total. The lowest BCUT2D eigenvalue weighted by atomic mass is 10.2. The fourth-order valence-corrected chi connectivity index (χ4v) is 2.08. The van der Waals surface area contributed by atoms with Gasteiger partial charge in [-0.25, -0.2) is 4.98 Å². The molecule has 2 heterocycles. The van der Waals surface area contributed by atoms with Crippen LogP contribution in [0.4, 0.5) is 5.13 Å². The molecule has 1 atom stereocenters. The van der Waals surface area contributed by atoms with Gasteiger partial charge >= 0.3 is 0 Å². The predicted octanol–water partition coefficient (Wildman–Crippen LogP) is 1.76. The van der Waals surface area contributed by atoms with E-state index in [-0.39, 0.29) is 17.7 Å². The number of hydrogen-bond donors (Lipinski definition) is 1. The summed E-state index contributed by atoms with van der Waals surface area (Å²) in [6.07, 6.45) is 1.17. The van der Waals surface area contributed by atoms with E-state index >= 15 is 0 Å². The SMILES string of the molecule is COC(C)c1nnc(NC(=O)c2ccc(C#N)nc2)s1. The van der Waals surface area contributed by atoms with Gasteiger partial charge in [-0.3, -0.25) is 10.1 Å². The van der Waals surface area contributed by atoms with Crippen molar-refractivity contribution < 1.29 is 9.53 Å². The monoisotopic (exact) mass is 289 g/mol. The number of carbonyl (C=O) groups excluding carboxylic acids is 1. The molecule has 1 amide bonds. The molecular formula is C12H11N5O2S. The summed E-state index contributed by atoms with van der Waals surface area (Å²) in [5.41, 5.74) is 0.606. The van der Waals surface area contributed by atoms with Crippen molar-refractivity contribution in [3.05, 3.63) is 34.6 Å². The van der Waals surface area contributed by atoms with Crippen molar-refractivity contribution >= 4 is 22.4 Å². The molecule has 0 aliphatic carbocycles. The molecule has 0 aromatic carbocycles.